The van der Waals surface area contributed by atoms with Crippen LogP contribution in [0.5, 0.6) is 0 Å². The molecule has 1 aromatic heterocycles. The summed E-state index contributed by atoms with van der Waals surface area (Å²) in [6, 6.07) is 6.20. The molecule has 0 saturated carbocycles. The second kappa shape index (κ2) is 8.45. The minimum Gasteiger partial charge on any atom is -0.322 e. The molecule has 1 amide bonds. The van der Waals surface area contributed by atoms with Crippen molar-refractivity contribution in [1.82, 2.24) is 4.98 Å². The quantitative estimate of drug-likeness (QED) is 0.704. The molecule has 0 aliphatic carbocycles. The van der Waals surface area contributed by atoms with Crippen LogP contribution in [0.15, 0.2) is 36.5 Å². The molecule has 0 fully saturated rings. The van der Waals surface area contributed by atoms with Gasteiger partial charge >= 0.3 is 6.18 Å². The Morgan fingerprint density at radius 2 is 1.96 bits per heavy atom. The molecule has 0 aliphatic heterocycles. The van der Waals surface area contributed by atoms with Crippen molar-refractivity contribution < 1.29 is 26.6 Å². The fourth-order valence-electron chi connectivity index (χ4n) is 1.78. The van der Waals surface area contributed by atoms with Crippen LogP contribution < -0.4 is 10.0 Å². The molecule has 2 rings (SSSR count). The predicted octanol–water partition coefficient (Wildman–Crippen LogP) is 4.15. The summed E-state index contributed by atoms with van der Waals surface area (Å²) in [4.78, 5) is 16.0. The Labute approximate surface area is 153 Å². The van der Waals surface area contributed by atoms with E-state index in [2.05, 4.69) is 15.0 Å². The standard InChI is InChI=1S/C15H12ClF4N3O2S/c16-11-8-10(1-2-12(11)17)22-14(24)9-3-5-21-13(7-9)23-26(25)6-4-15(18,19)20/h1-3,5,7-8H,4,6H2,(H,21,23)(H,22,24). The SMILES string of the molecule is O=C(Nc1ccc(F)c(Cl)c1)c1ccnc(NS(=O)CCC(F)(F)F)c1. The summed E-state index contributed by atoms with van der Waals surface area (Å²) in [7, 11) is -2.01. The molecule has 1 heterocycles. The van der Waals surface area contributed by atoms with Gasteiger partial charge in [-0.2, -0.15) is 13.2 Å². The largest absolute Gasteiger partial charge is 0.390 e. The smallest absolute Gasteiger partial charge is 0.322 e. The van der Waals surface area contributed by atoms with Crippen molar-refractivity contribution in [2.75, 3.05) is 15.8 Å². The van der Waals surface area contributed by atoms with Crippen molar-refractivity contribution in [2.24, 2.45) is 0 Å². The van der Waals surface area contributed by atoms with Gasteiger partial charge in [-0.25, -0.2) is 13.6 Å². The lowest BCUT2D eigenvalue weighted by Gasteiger charge is -2.09. The Balaban J connectivity index is 2.02. The van der Waals surface area contributed by atoms with E-state index in [0.717, 1.165) is 6.07 Å². The van der Waals surface area contributed by atoms with Crippen LogP contribution in [0, 0.1) is 5.82 Å². The van der Waals surface area contributed by atoms with Gasteiger partial charge in [0.25, 0.3) is 5.91 Å². The third kappa shape index (κ3) is 6.26. The molecule has 0 radical (unpaired) electrons. The van der Waals surface area contributed by atoms with Crippen molar-refractivity contribution in [3.63, 3.8) is 0 Å². The number of benzene rings is 1. The topological polar surface area (TPSA) is 71.1 Å². The number of nitrogens with one attached hydrogen (secondary N) is 2. The molecule has 0 aliphatic rings. The number of alkyl halides is 3. The van der Waals surface area contributed by atoms with Crippen LogP contribution in [0.25, 0.3) is 0 Å². The summed E-state index contributed by atoms with van der Waals surface area (Å²) >= 11 is 5.63. The van der Waals surface area contributed by atoms with Gasteiger partial charge in [0.1, 0.15) is 22.6 Å². The Morgan fingerprint density at radius 1 is 1.23 bits per heavy atom. The summed E-state index contributed by atoms with van der Waals surface area (Å²) in [5.41, 5.74) is 0.359. The van der Waals surface area contributed by atoms with Crippen molar-refractivity contribution >= 4 is 40.0 Å². The summed E-state index contributed by atoms with van der Waals surface area (Å²) in [5, 5.41) is 2.31. The van der Waals surface area contributed by atoms with Crippen LogP contribution >= 0.6 is 11.6 Å². The zero-order valence-corrected chi connectivity index (χ0v) is 14.5. The van der Waals surface area contributed by atoms with Gasteiger partial charge in [0.05, 0.1) is 17.2 Å². The molecule has 5 nitrogen and oxygen atoms in total. The van der Waals surface area contributed by atoms with Gasteiger partial charge in [0, 0.05) is 17.4 Å². The maximum Gasteiger partial charge on any atom is 0.390 e. The lowest BCUT2D eigenvalue weighted by atomic mass is 10.2. The average molecular weight is 410 g/mol. The van der Waals surface area contributed by atoms with Crippen LogP contribution in [0.3, 0.4) is 0 Å². The number of halogens is 5. The number of aromatic nitrogens is 1. The average Bonchev–Trinajstić information content (AvgIpc) is 2.56. The highest BCUT2D eigenvalue weighted by Crippen LogP contribution is 2.21. The van der Waals surface area contributed by atoms with Gasteiger partial charge in [0.15, 0.2) is 0 Å². The Bertz CT molecular complexity index is 833. The molecule has 0 bridgehead atoms. The van der Waals surface area contributed by atoms with Gasteiger partial charge < -0.3 is 5.32 Å². The van der Waals surface area contributed by atoms with Gasteiger partial charge in [0.2, 0.25) is 0 Å². The molecule has 0 saturated heterocycles. The third-order valence-electron chi connectivity index (χ3n) is 2.99. The van der Waals surface area contributed by atoms with E-state index in [0.29, 0.717) is 0 Å². The third-order valence-corrected chi connectivity index (χ3v) is 4.29. The highest BCUT2D eigenvalue weighted by Gasteiger charge is 2.27. The number of anilines is 2. The van der Waals surface area contributed by atoms with Crippen LogP contribution in [-0.4, -0.2) is 27.0 Å². The molecular weight excluding hydrogens is 398 g/mol. The van der Waals surface area contributed by atoms with E-state index in [1.54, 1.807) is 0 Å². The van der Waals surface area contributed by atoms with E-state index in [1.807, 2.05) is 0 Å². The molecule has 2 N–H and O–H groups in total. The Morgan fingerprint density at radius 3 is 2.62 bits per heavy atom. The van der Waals surface area contributed by atoms with Crippen LogP contribution in [0.2, 0.25) is 5.02 Å². The predicted molar refractivity (Wildman–Crippen MR) is 90.9 cm³/mol. The van der Waals surface area contributed by atoms with Crippen LogP contribution in [0.4, 0.5) is 29.1 Å². The van der Waals surface area contributed by atoms with E-state index >= 15 is 0 Å². The summed E-state index contributed by atoms with van der Waals surface area (Å²) in [6.07, 6.45) is -4.39. The molecule has 11 heteroatoms. The van der Waals surface area contributed by atoms with Gasteiger partial charge in [-0.1, -0.05) is 11.6 Å². The number of hydrogen-bond donors (Lipinski definition) is 2. The lowest BCUT2D eigenvalue weighted by Crippen LogP contribution is -2.17. The zero-order chi connectivity index (χ0) is 19.3. The number of nitrogens with zero attached hydrogens (tertiary/aromatic N) is 1. The fourth-order valence-corrected chi connectivity index (χ4v) is 2.83. The fraction of sp³-hybridized carbons (Fsp3) is 0.200. The van der Waals surface area contributed by atoms with E-state index in [-0.39, 0.29) is 22.1 Å². The molecule has 140 valence electrons. The zero-order valence-electron chi connectivity index (χ0n) is 12.9. The number of rotatable bonds is 6. The first kappa shape index (κ1) is 20.1. The van der Waals surface area contributed by atoms with Crippen molar-refractivity contribution in [1.29, 1.82) is 0 Å². The van der Waals surface area contributed by atoms with E-state index in [1.165, 1.54) is 30.5 Å². The molecular formula is C15H12ClF4N3O2S. The van der Waals surface area contributed by atoms with E-state index < -0.39 is 41.1 Å². The maximum absolute atomic E-state index is 13.1. The number of carbonyl (C=O) groups excluding carboxylic acids is 1. The number of carbonyl (C=O) groups is 1. The van der Waals surface area contributed by atoms with Crippen molar-refractivity contribution in [3.8, 4) is 0 Å². The van der Waals surface area contributed by atoms with Gasteiger partial charge in [-0.15, -0.1) is 0 Å². The van der Waals surface area contributed by atoms with Gasteiger partial charge in [-0.05, 0) is 30.3 Å². The second-order valence-corrected chi connectivity index (χ2v) is 6.74. The van der Waals surface area contributed by atoms with Crippen molar-refractivity contribution in [3.05, 3.63) is 52.9 Å². The summed E-state index contributed by atoms with van der Waals surface area (Å²) < 4.78 is 63.4. The van der Waals surface area contributed by atoms with E-state index in [4.69, 9.17) is 11.6 Å². The van der Waals surface area contributed by atoms with Gasteiger partial charge in [-0.3, -0.25) is 9.52 Å². The van der Waals surface area contributed by atoms with E-state index in [9.17, 15) is 26.6 Å². The number of amides is 1. The Hall–Kier alpha value is -2.20. The molecule has 26 heavy (non-hydrogen) atoms. The Kier molecular flexibility index (Phi) is 6.54. The number of pyridine rings is 1. The summed E-state index contributed by atoms with van der Waals surface area (Å²) in [5.74, 6) is -1.88. The van der Waals surface area contributed by atoms with Crippen LogP contribution in [0.1, 0.15) is 16.8 Å². The number of hydrogen-bond acceptors (Lipinski definition) is 3. The summed E-state index contributed by atoms with van der Waals surface area (Å²) in [6.45, 7) is 0. The first-order valence-corrected chi connectivity index (χ1v) is 8.78. The minimum absolute atomic E-state index is 0.0182. The molecule has 1 aromatic carbocycles. The first-order chi connectivity index (χ1) is 12.1. The lowest BCUT2D eigenvalue weighted by molar-refractivity contribution is -0.129. The molecule has 1 unspecified atom stereocenters. The normalized spacial score (nSPS) is 12.5. The first-order valence-electron chi connectivity index (χ1n) is 7.08. The van der Waals surface area contributed by atoms with Crippen LogP contribution in [-0.2, 0) is 11.0 Å². The second-order valence-electron chi connectivity index (χ2n) is 5.03. The molecule has 1 atom stereocenters. The molecule has 0 spiro atoms. The highest BCUT2D eigenvalue weighted by molar-refractivity contribution is 7.86. The highest BCUT2D eigenvalue weighted by atomic mass is 35.5. The van der Waals surface area contributed by atoms with Crippen molar-refractivity contribution in [2.45, 2.75) is 12.6 Å². The minimum atomic E-state index is -4.41. The molecule has 2 aromatic rings. The maximum atomic E-state index is 13.1. The monoisotopic (exact) mass is 409 g/mol.